The zero-order valence-corrected chi connectivity index (χ0v) is 12.6. The summed E-state index contributed by atoms with van der Waals surface area (Å²) in [4.78, 5) is 7.26. The molecule has 3 heteroatoms. The van der Waals surface area contributed by atoms with E-state index in [1.807, 2.05) is 0 Å². The van der Waals surface area contributed by atoms with Crippen LogP contribution in [0.1, 0.15) is 63.5 Å². The van der Waals surface area contributed by atoms with Gasteiger partial charge in [0.05, 0.1) is 0 Å². The molecule has 1 aliphatic heterocycles. The van der Waals surface area contributed by atoms with E-state index in [-0.39, 0.29) is 0 Å². The summed E-state index contributed by atoms with van der Waals surface area (Å²) in [7, 11) is 0. The molecule has 2 fully saturated rings. The van der Waals surface area contributed by atoms with Crippen LogP contribution in [0.3, 0.4) is 0 Å². The fourth-order valence-corrected chi connectivity index (χ4v) is 3.73. The molecule has 3 rings (SSSR count). The van der Waals surface area contributed by atoms with Crippen LogP contribution in [0.4, 0.5) is 5.82 Å². The molecule has 1 atom stereocenters. The molecular weight excluding hydrogens is 246 g/mol. The Morgan fingerprint density at radius 2 is 2.05 bits per heavy atom. The number of hydrogen-bond acceptors (Lipinski definition) is 3. The Hall–Kier alpha value is -1.09. The number of nitrogens with one attached hydrogen (secondary N) is 1. The highest BCUT2D eigenvalue weighted by Crippen LogP contribution is 2.32. The molecule has 0 aromatic carbocycles. The maximum atomic E-state index is 4.64. The van der Waals surface area contributed by atoms with Crippen molar-refractivity contribution in [2.24, 2.45) is 0 Å². The number of likely N-dealkylation sites (tertiary alicyclic amines) is 1. The molecule has 0 radical (unpaired) electrons. The predicted molar refractivity (Wildman–Crippen MR) is 84.0 cm³/mol. The molecule has 1 aromatic heterocycles. The second-order valence-electron chi connectivity index (χ2n) is 6.30. The second-order valence-corrected chi connectivity index (χ2v) is 6.30. The molecule has 1 aromatic rings. The van der Waals surface area contributed by atoms with Crippen LogP contribution in [0.5, 0.6) is 0 Å². The minimum Gasteiger partial charge on any atom is -0.367 e. The van der Waals surface area contributed by atoms with Crippen LogP contribution in [0.15, 0.2) is 18.3 Å². The van der Waals surface area contributed by atoms with Gasteiger partial charge in [0.15, 0.2) is 0 Å². The van der Waals surface area contributed by atoms with Gasteiger partial charge in [0.25, 0.3) is 0 Å². The van der Waals surface area contributed by atoms with Gasteiger partial charge in [0.2, 0.25) is 0 Å². The van der Waals surface area contributed by atoms with E-state index >= 15 is 0 Å². The van der Waals surface area contributed by atoms with Crippen LogP contribution in [0.2, 0.25) is 0 Å². The van der Waals surface area contributed by atoms with Crippen LogP contribution in [0, 0.1) is 0 Å². The first-order chi connectivity index (χ1) is 9.86. The van der Waals surface area contributed by atoms with E-state index in [1.54, 1.807) is 0 Å². The summed E-state index contributed by atoms with van der Waals surface area (Å²) in [5, 5.41) is 3.57. The molecule has 2 heterocycles. The zero-order valence-electron chi connectivity index (χ0n) is 12.6. The lowest BCUT2D eigenvalue weighted by Gasteiger charge is -2.24. The molecule has 0 unspecified atom stereocenters. The lowest BCUT2D eigenvalue weighted by atomic mass is 10.1. The first-order valence-electron chi connectivity index (χ1n) is 8.33. The molecule has 1 N–H and O–H groups in total. The lowest BCUT2D eigenvalue weighted by molar-refractivity contribution is 0.257. The molecule has 3 nitrogen and oxygen atoms in total. The van der Waals surface area contributed by atoms with Crippen LogP contribution in [-0.4, -0.2) is 29.0 Å². The molecule has 20 heavy (non-hydrogen) atoms. The summed E-state index contributed by atoms with van der Waals surface area (Å²) in [6.07, 6.45) is 11.3. The van der Waals surface area contributed by atoms with Crippen molar-refractivity contribution in [1.29, 1.82) is 0 Å². The van der Waals surface area contributed by atoms with Gasteiger partial charge < -0.3 is 5.32 Å². The van der Waals surface area contributed by atoms with E-state index < -0.39 is 0 Å². The lowest BCUT2D eigenvalue weighted by Crippen LogP contribution is -2.24. The Bertz CT molecular complexity index is 409. The number of rotatable bonds is 5. The minimum atomic E-state index is 0.600. The van der Waals surface area contributed by atoms with E-state index in [0.717, 1.165) is 5.82 Å². The molecule has 2 aliphatic rings. The van der Waals surface area contributed by atoms with Crippen molar-refractivity contribution in [2.45, 2.75) is 64.0 Å². The van der Waals surface area contributed by atoms with Crippen molar-refractivity contribution in [1.82, 2.24) is 9.88 Å². The summed E-state index contributed by atoms with van der Waals surface area (Å²) in [6, 6.07) is 5.71. The van der Waals surface area contributed by atoms with E-state index in [2.05, 4.69) is 40.5 Å². The van der Waals surface area contributed by atoms with Crippen LogP contribution in [-0.2, 0) is 0 Å². The fourth-order valence-electron chi connectivity index (χ4n) is 3.73. The third-order valence-electron chi connectivity index (χ3n) is 4.75. The molecule has 1 saturated heterocycles. The molecule has 1 aliphatic carbocycles. The summed E-state index contributed by atoms with van der Waals surface area (Å²) < 4.78 is 0. The fraction of sp³-hybridized carbons (Fsp3) is 0.706. The molecule has 0 amide bonds. The van der Waals surface area contributed by atoms with Gasteiger partial charge in [-0.3, -0.25) is 4.90 Å². The monoisotopic (exact) mass is 273 g/mol. The van der Waals surface area contributed by atoms with Gasteiger partial charge in [0.1, 0.15) is 5.82 Å². The SMILES string of the molecule is CCCN1CCC[C@@H]1c1ccc(NC2CCCC2)nc1. The Morgan fingerprint density at radius 1 is 1.20 bits per heavy atom. The third-order valence-corrected chi connectivity index (χ3v) is 4.75. The minimum absolute atomic E-state index is 0.600. The Balaban J connectivity index is 1.63. The maximum Gasteiger partial charge on any atom is 0.126 e. The smallest absolute Gasteiger partial charge is 0.126 e. The largest absolute Gasteiger partial charge is 0.367 e. The molecule has 0 bridgehead atoms. The molecule has 0 spiro atoms. The standard InChI is InChI=1S/C17H27N3/c1-2-11-20-12-5-8-16(20)14-9-10-17(18-13-14)19-15-6-3-4-7-15/h9-10,13,15-16H,2-8,11-12H2,1H3,(H,18,19)/t16-/m1/s1. The summed E-state index contributed by atoms with van der Waals surface area (Å²) >= 11 is 0. The summed E-state index contributed by atoms with van der Waals surface area (Å²) in [5.41, 5.74) is 1.40. The number of anilines is 1. The van der Waals surface area contributed by atoms with Crippen LogP contribution < -0.4 is 5.32 Å². The van der Waals surface area contributed by atoms with Gasteiger partial charge in [-0.2, -0.15) is 0 Å². The van der Waals surface area contributed by atoms with Crippen molar-refractivity contribution < 1.29 is 0 Å². The van der Waals surface area contributed by atoms with Crippen molar-refractivity contribution in [3.8, 4) is 0 Å². The average Bonchev–Trinajstić information content (AvgIpc) is 3.12. The van der Waals surface area contributed by atoms with Crippen molar-refractivity contribution >= 4 is 5.82 Å². The zero-order chi connectivity index (χ0) is 13.8. The topological polar surface area (TPSA) is 28.2 Å². The van der Waals surface area contributed by atoms with E-state index in [0.29, 0.717) is 12.1 Å². The highest BCUT2D eigenvalue weighted by Gasteiger charge is 2.25. The Kier molecular flexibility index (Phi) is 4.56. The Labute approximate surface area is 122 Å². The third kappa shape index (κ3) is 3.14. The first kappa shape index (κ1) is 13.9. The number of nitrogens with zero attached hydrogens (tertiary/aromatic N) is 2. The highest BCUT2D eigenvalue weighted by atomic mass is 15.2. The average molecular weight is 273 g/mol. The van der Waals surface area contributed by atoms with Crippen LogP contribution in [0.25, 0.3) is 0 Å². The normalized spacial score (nSPS) is 24.4. The van der Waals surface area contributed by atoms with Crippen LogP contribution >= 0.6 is 0 Å². The quantitative estimate of drug-likeness (QED) is 0.879. The van der Waals surface area contributed by atoms with Gasteiger partial charge in [-0.25, -0.2) is 4.98 Å². The van der Waals surface area contributed by atoms with Crippen molar-refractivity contribution in [2.75, 3.05) is 18.4 Å². The van der Waals surface area contributed by atoms with E-state index in [9.17, 15) is 0 Å². The number of pyridine rings is 1. The molecule has 1 saturated carbocycles. The number of hydrogen-bond donors (Lipinski definition) is 1. The van der Waals surface area contributed by atoms with Gasteiger partial charge in [-0.05, 0) is 56.8 Å². The first-order valence-corrected chi connectivity index (χ1v) is 8.33. The molecular formula is C17H27N3. The van der Waals surface area contributed by atoms with Crippen molar-refractivity contribution in [3.05, 3.63) is 23.9 Å². The maximum absolute atomic E-state index is 4.64. The van der Waals surface area contributed by atoms with Gasteiger partial charge in [-0.1, -0.05) is 25.8 Å². The van der Waals surface area contributed by atoms with E-state index in [4.69, 9.17) is 0 Å². The second kappa shape index (κ2) is 6.57. The predicted octanol–water partition coefficient (Wildman–Crippen LogP) is 3.98. The van der Waals surface area contributed by atoms with Gasteiger partial charge in [0, 0.05) is 18.3 Å². The Morgan fingerprint density at radius 3 is 2.75 bits per heavy atom. The number of aromatic nitrogens is 1. The van der Waals surface area contributed by atoms with Crippen molar-refractivity contribution in [3.63, 3.8) is 0 Å². The summed E-state index contributed by atoms with van der Waals surface area (Å²) in [5.74, 6) is 1.06. The van der Waals surface area contributed by atoms with Gasteiger partial charge >= 0.3 is 0 Å². The van der Waals surface area contributed by atoms with E-state index in [1.165, 1.54) is 63.6 Å². The highest BCUT2D eigenvalue weighted by molar-refractivity contribution is 5.37. The summed E-state index contributed by atoms with van der Waals surface area (Å²) in [6.45, 7) is 4.73. The van der Waals surface area contributed by atoms with Gasteiger partial charge in [-0.15, -0.1) is 0 Å². The molecule has 110 valence electrons.